The monoisotopic (exact) mass is 301 g/mol. The molecule has 1 N–H and O–H groups in total. The van der Waals surface area contributed by atoms with E-state index in [2.05, 4.69) is 15.9 Å². The van der Waals surface area contributed by atoms with Crippen molar-refractivity contribution < 1.29 is 14.3 Å². The molecule has 5 heteroatoms. The molecular weight excluding hydrogens is 289 g/mol. The van der Waals surface area contributed by atoms with Crippen molar-refractivity contribution >= 4 is 21.8 Å². The highest BCUT2D eigenvalue weighted by Crippen LogP contribution is 2.23. The number of amides is 1. The number of carbonyl (C=O) groups excluding carboxylic acids is 1. The Balaban J connectivity index is 2.18. The summed E-state index contributed by atoms with van der Waals surface area (Å²) in [5.41, 5.74) is 0.0814. The van der Waals surface area contributed by atoms with Crippen molar-refractivity contribution in [3.05, 3.63) is 34.1 Å². The van der Waals surface area contributed by atoms with Gasteiger partial charge >= 0.3 is 0 Å². The van der Waals surface area contributed by atoms with Gasteiger partial charge in [-0.15, -0.1) is 0 Å². The van der Waals surface area contributed by atoms with Gasteiger partial charge < -0.3 is 10.0 Å². The maximum absolute atomic E-state index is 13.7. The molecule has 3 nitrogen and oxygen atoms in total. The summed E-state index contributed by atoms with van der Waals surface area (Å²) < 4.78 is 14.0. The van der Waals surface area contributed by atoms with Crippen LogP contribution in [0.15, 0.2) is 22.7 Å². The number of carbonyl (C=O) groups is 1. The number of aliphatic hydroxyl groups excluding tert-OH is 1. The van der Waals surface area contributed by atoms with Gasteiger partial charge in [-0.3, -0.25) is 4.79 Å². The largest absolute Gasteiger partial charge is 0.396 e. The Labute approximate surface area is 107 Å². The van der Waals surface area contributed by atoms with Gasteiger partial charge in [-0.1, -0.05) is 6.07 Å². The summed E-state index contributed by atoms with van der Waals surface area (Å²) in [6, 6.07) is 4.68. The number of halogens is 2. The fourth-order valence-corrected chi connectivity index (χ4v) is 2.37. The van der Waals surface area contributed by atoms with Gasteiger partial charge in [0.25, 0.3) is 5.91 Å². The third kappa shape index (κ3) is 2.50. The maximum Gasteiger partial charge on any atom is 0.256 e. The van der Waals surface area contributed by atoms with Gasteiger partial charge in [0.1, 0.15) is 5.82 Å². The van der Waals surface area contributed by atoms with E-state index in [0.29, 0.717) is 17.6 Å². The summed E-state index contributed by atoms with van der Waals surface area (Å²) in [5.74, 6) is -0.709. The lowest BCUT2D eigenvalue weighted by Crippen LogP contribution is -2.29. The van der Waals surface area contributed by atoms with Gasteiger partial charge in [-0.2, -0.15) is 0 Å². The van der Waals surface area contributed by atoms with Crippen LogP contribution >= 0.6 is 15.9 Å². The Hall–Kier alpha value is -0.940. The minimum atomic E-state index is -0.523. The zero-order valence-corrected chi connectivity index (χ0v) is 10.8. The molecule has 0 radical (unpaired) electrons. The van der Waals surface area contributed by atoms with Crippen molar-refractivity contribution in [3.63, 3.8) is 0 Å². The highest BCUT2D eigenvalue weighted by atomic mass is 79.9. The van der Waals surface area contributed by atoms with Crippen LogP contribution in [-0.2, 0) is 0 Å². The molecule has 1 atom stereocenters. The van der Waals surface area contributed by atoms with E-state index in [1.165, 1.54) is 6.07 Å². The third-order valence-corrected chi connectivity index (χ3v) is 3.63. The van der Waals surface area contributed by atoms with Crippen LogP contribution in [0.4, 0.5) is 4.39 Å². The van der Waals surface area contributed by atoms with Crippen LogP contribution in [0.3, 0.4) is 0 Å². The molecule has 1 aromatic carbocycles. The standard InChI is InChI=1S/C12H13BrFNO2/c13-10-3-1-2-9(11(10)14)12(17)15-5-4-8(6-15)7-16/h1-3,8,16H,4-7H2. The summed E-state index contributed by atoms with van der Waals surface area (Å²) in [4.78, 5) is 13.7. The van der Waals surface area contributed by atoms with Crippen molar-refractivity contribution in [2.24, 2.45) is 5.92 Å². The molecule has 0 aliphatic carbocycles. The first kappa shape index (κ1) is 12.5. The third-order valence-electron chi connectivity index (χ3n) is 3.01. The zero-order valence-electron chi connectivity index (χ0n) is 9.20. The molecule has 17 heavy (non-hydrogen) atoms. The SMILES string of the molecule is O=C(c1cccc(Br)c1F)N1CCC(CO)C1. The minimum absolute atomic E-state index is 0.0742. The van der Waals surface area contributed by atoms with Crippen LogP contribution in [0.5, 0.6) is 0 Å². The first-order chi connectivity index (χ1) is 8.13. The number of nitrogens with zero attached hydrogens (tertiary/aromatic N) is 1. The average Bonchev–Trinajstić information content (AvgIpc) is 2.80. The number of likely N-dealkylation sites (tertiary alicyclic amines) is 1. The van der Waals surface area contributed by atoms with Crippen molar-refractivity contribution in [3.8, 4) is 0 Å². The molecule has 1 saturated heterocycles. The first-order valence-corrected chi connectivity index (χ1v) is 6.27. The molecule has 1 aliphatic rings. The summed E-state index contributed by atoms with van der Waals surface area (Å²) in [6.07, 6.45) is 0.776. The predicted molar refractivity (Wildman–Crippen MR) is 65.2 cm³/mol. The predicted octanol–water partition coefficient (Wildman–Crippen LogP) is 2.04. The molecule has 1 amide bonds. The fraction of sp³-hybridized carbons (Fsp3) is 0.417. The summed E-state index contributed by atoms with van der Waals surface area (Å²) in [6.45, 7) is 1.15. The van der Waals surface area contributed by atoms with E-state index in [-0.39, 0.29) is 24.0 Å². The molecule has 1 unspecified atom stereocenters. The summed E-state index contributed by atoms with van der Waals surface area (Å²) >= 11 is 3.06. The lowest BCUT2D eigenvalue weighted by molar-refractivity contribution is 0.0777. The van der Waals surface area contributed by atoms with Crippen molar-refractivity contribution in [2.75, 3.05) is 19.7 Å². The Morgan fingerprint density at radius 3 is 3.00 bits per heavy atom. The van der Waals surface area contributed by atoms with Crippen LogP contribution in [0.25, 0.3) is 0 Å². The lowest BCUT2D eigenvalue weighted by Gasteiger charge is -2.16. The van der Waals surface area contributed by atoms with Gasteiger partial charge in [-0.05, 0) is 34.5 Å². The maximum atomic E-state index is 13.7. The van der Waals surface area contributed by atoms with Crippen LogP contribution in [0, 0.1) is 11.7 Å². The van der Waals surface area contributed by atoms with E-state index in [0.717, 1.165) is 6.42 Å². The van der Waals surface area contributed by atoms with E-state index in [1.807, 2.05) is 0 Å². The number of rotatable bonds is 2. The van der Waals surface area contributed by atoms with Crippen LogP contribution in [-0.4, -0.2) is 35.6 Å². The molecule has 0 bridgehead atoms. The van der Waals surface area contributed by atoms with Crippen LogP contribution in [0.2, 0.25) is 0 Å². The Morgan fingerprint density at radius 1 is 1.59 bits per heavy atom. The molecule has 1 aliphatic heterocycles. The van der Waals surface area contributed by atoms with E-state index in [4.69, 9.17) is 5.11 Å². The van der Waals surface area contributed by atoms with Gasteiger partial charge in [0, 0.05) is 25.6 Å². The number of hydrogen-bond donors (Lipinski definition) is 1. The lowest BCUT2D eigenvalue weighted by atomic mass is 10.1. The molecule has 0 spiro atoms. The second-order valence-corrected chi connectivity index (χ2v) is 5.04. The van der Waals surface area contributed by atoms with E-state index in [9.17, 15) is 9.18 Å². The molecule has 0 aromatic heterocycles. The van der Waals surface area contributed by atoms with E-state index < -0.39 is 5.82 Å². The molecule has 2 rings (SSSR count). The zero-order chi connectivity index (χ0) is 12.4. The normalized spacial score (nSPS) is 19.7. The van der Waals surface area contributed by atoms with Crippen molar-refractivity contribution in [2.45, 2.75) is 6.42 Å². The van der Waals surface area contributed by atoms with Gasteiger partial charge in [0.2, 0.25) is 0 Å². The smallest absolute Gasteiger partial charge is 0.256 e. The van der Waals surface area contributed by atoms with Crippen LogP contribution in [0.1, 0.15) is 16.8 Å². The molecule has 0 saturated carbocycles. The van der Waals surface area contributed by atoms with Gasteiger partial charge in [0.15, 0.2) is 0 Å². The average molecular weight is 302 g/mol. The highest BCUT2D eigenvalue weighted by Gasteiger charge is 2.28. The number of hydrogen-bond acceptors (Lipinski definition) is 2. The second-order valence-electron chi connectivity index (χ2n) is 4.19. The van der Waals surface area contributed by atoms with Crippen LogP contribution < -0.4 is 0 Å². The first-order valence-electron chi connectivity index (χ1n) is 5.47. The molecule has 1 heterocycles. The Kier molecular flexibility index (Phi) is 3.79. The fourth-order valence-electron chi connectivity index (χ4n) is 2.01. The quantitative estimate of drug-likeness (QED) is 0.908. The summed E-state index contributed by atoms with van der Waals surface area (Å²) in [7, 11) is 0. The van der Waals surface area contributed by atoms with E-state index in [1.54, 1.807) is 17.0 Å². The summed E-state index contributed by atoms with van der Waals surface area (Å²) in [5, 5.41) is 9.02. The van der Waals surface area contributed by atoms with Crippen molar-refractivity contribution in [1.29, 1.82) is 0 Å². The highest BCUT2D eigenvalue weighted by molar-refractivity contribution is 9.10. The number of aliphatic hydroxyl groups is 1. The molecule has 1 aromatic rings. The minimum Gasteiger partial charge on any atom is -0.396 e. The van der Waals surface area contributed by atoms with Gasteiger partial charge in [-0.25, -0.2) is 4.39 Å². The van der Waals surface area contributed by atoms with E-state index >= 15 is 0 Å². The Morgan fingerprint density at radius 2 is 2.35 bits per heavy atom. The molecule has 1 fully saturated rings. The topological polar surface area (TPSA) is 40.5 Å². The second kappa shape index (κ2) is 5.14. The number of benzene rings is 1. The Bertz CT molecular complexity index is 439. The molecule has 92 valence electrons. The molecular formula is C12H13BrFNO2. The van der Waals surface area contributed by atoms with Crippen molar-refractivity contribution in [1.82, 2.24) is 4.90 Å². The van der Waals surface area contributed by atoms with Gasteiger partial charge in [0.05, 0.1) is 10.0 Å².